The van der Waals surface area contributed by atoms with Gasteiger partial charge in [-0.1, -0.05) is 48.5 Å². The van der Waals surface area contributed by atoms with Crippen molar-refractivity contribution in [2.24, 2.45) is 0 Å². The molecule has 1 unspecified atom stereocenters. The first kappa shape index (κ1) is 26.1. The van der Waals surface area contributed by atoms with E-state index in [0.29, 0.717) is 19.4 Å². The van der Waals surface area contributed by atoms with Gasteiger partial charge in [0.2, 0.25) is 0 Å². The van der Waals surface area contributed by atoms with Gasteiger partial charge in [0.25, 0.3) is 0 Å². The van der Waals surface area contributed by atoms with Crippen LogP contribution in [-0.2, 0) is 14.3 Å². The van der Waals surface area contributed by atoms with Crippen LogP contribution in [0.25, 0.3) is 11.1 Å². The molecule has 0 radical (unpaired) electrons. The lowest BCUT2D eigenvalue weighted by atomic mass is 9.95. The number of hydrogen-bond donors (Lipinski definition) is 3. The first-order valence-electron chi connectivity index (χ1n) is 11.8. The molecule has 0 aliphatic heterocycles. The number of alkyl carbamates (subject to hydrolysis) is 2. The maximum absolute atomic E-state index is 12.6. The van der Waals surface area contributed by atoms with Crippen molar-refractivity contribution in [3.63, 3.8) is 0 Å². The number of hydrogen-bond acceptors (Lipinski definition) is 5. The average Bonchev–Trinajstić information content (AvgIpc) is 3.10. The molecular weight excluding hydrogens is 448 g/mol. The topological polar surface area (TPSA) is 114 Å². The molecule has 0 fully saturated rings. The van der Waals surface area contributed by atoms with Crippen molar-refractivity contribution in [2.45, 2.75) is 64.0 Å². The van der Waals surface area contributed by atoms with Crippen molar-refractivity contribution >= 4 is 18.2 Å². The number of nitrogens with one attached hydrogen (secondary N) is 2. The molecule has 2 aromatic rings. The van der Waals surface area contributed by atoms with Crippen molar-refractivity contribution < 1.29 is 29.0 Å². The van der Waals surface area contributed by atoms with Crippen molar-refractivity contribution in [1.82, 2.24) is 10.6 Å². The van der Waals surface area contributed by atoms with Gasteiger partial charge in [-0.25, -0.2) is 14.4 Å². The zero-order valence-corrected chi connectivity index (χ0v) is 20.7. The summed E-state index contributed by atoms with van der Waals surface area (Å²) in [6.45, 7) is 7.24. The Morgan fingerprint density at radius 3 is 2.00 bits per heavy atom. The summed E-state index contributed by atoms with van der Waals surface area (Å²) in [4.78, 5) is 36.2. The van der Waals surface area contributed by atoms with Gasteiger partial charge in [0.05, 0.1) is 0 Å². The molecule has 0 saturated carbocycles. The standard InChI is InChI=1S/C27H34N2O6/c1-26(2,3)35-24(32)28-16-10-9-15-27(4,23(30)31)29-25(33)34-17-22-20-13-7-5-11-18(20)19-12-6-8-14-21(19)22/h5-8,11-14,22H,9-10,15-17H2,1-4H3,(H,28,32)(H,29,33)(H,30,31). The molecular formula is C27H34N2O6. The molecule has 8 heteroatoms. The summed E-state index contributed by atoms with van der Waals surface area (Å²) in [5.74, 6) is -1.26. The summed E-state index contributed by atoms with van der Waals surface area (Å²) in [6, 6.07) is 16.0. The van der Waals surface area contributed by atoms with E-state index in [-0.39, 0.29) is 18.9 Å². The third-order valence-electron chi connectivity index (χ3n) is 5.97. The molecule has 1 aliphatic carbocycles. The maximum atomic E-state index is 12.6. The molecule has 0 spiro atoms. The lowest BCUT2D eigenvalue weighted by Gasteiger charge is -2.26. The Hall–Kier alpha value is -3.55. The molecule has 3 N–H and O–H groups in total. The number of benzene rings is 2. The molecule has 0 bridgehead atoms. The fourth-order valence-corrected chi connectivity index (χ4v) is 4.19. The number of carbonyl (C=O) groups excluding carboxylic acids is 2. The normalized spacial score (nSPS) is 14.3. The fraction of sp³-hybridized carbons (Fsp3) is 0.444. The van der Waals surface area contributed by atoms with Gasteiger partial charge in [0.1, 0.15) is 17.7 Å². The highest BCUT2D eigenvalue weighted by molar-refractivity contribution is 5.84. The van der Waals surface area contributed by atoms with Crippen LogP contribution in [0.1, 0.15) is 64.0 Å². The van der Waals surface area contributed by atoms with E-state index in [9.17, 15) is 19.5 Å². The number of ether oxygens (including phenoxy) is 2. The van der Waals surface area contributed by atoms with E-state index >= 15 is 0 Å². The predicted octanol–water partition coefficient (Wildman–Crippen LogP) is 5.06. The molecule has 35 heavy (non-hydrogen) atoms. The van der Waals surface area contributed by atoms with E-state index in [2.05, 4.69) is 10.6 Å². The molecule has 0 saturated heterocycles. The summed E-state index contributed by atoms with van der Waals surface area (Å²) in [5, 5.41) is 14.9. The van der Waals surface area contributed by atoms with Crippen molar-refractivity contribution in [3.05, 3.63) is 59.7 Å². The zero-order valence-electron chi connectivity index (χ0n) is 20.7. The summed E-state index contributed by atoms with van der Waals surface area (Å²) >= 11 is 0. The van der Waals surface area contributed by atoms with Crippen molar-refractivity contribution in [2.75, 3.05) is 13.2 Å². The van der Waals surface area contributed by atoms with E-state index in [4.69, 9.17) is 9.47 Å². The Bertz CT molecular complexity index is 1030. The highest BCUT2D eigenvalue weighted by Gasteiger charge is 2.36. The van der Waals surface area contributed by atoms with Gasteiger partial charge in [-0.05, 0) is 69.2 Å². The van der Waals surface area contributed by atoms with Gasteiger partial charge >= 0.3 is 18.2 Å². The summed E-state index contributed by atoms with van der Waals surface area (Å²) in [5.41, 5.74) is 2.33. The first-order valence-corrected chi connectivity index (χ1v) is 11.8. The van der Waals surface area contributed by atoms with Gasteiger partial charge < -0.3 is 25.2 Å². The molecule has 2 amide bonds. The Kier molecular flexibility index (Phi) is 8.04. The predicted molar refractivity (Wildman–Crippen MR) is 132 cm³/mol. The van der Waals surface area contributed by atoms with E-state index in [1.54, 1.807) is 20.8 Å². The van der Waals surface area contributed by atoms with Crippen molar-refractivity contribution in [3.8, 4) is 11.1 Å². The van der Waals surface area contributed by atoms with Crippen LogP contribution in [-0.4, -0.2) is 47.6 Å². The molecule has 0 heterocycles. The number of carbonyl (C=O) groups is 3. The summed E-state index contributed by atoms with van der Waals surface area (Å²) in [7, 11) is 0. The second-order valence-corrected chi connectivity index (χ2v) is 9.97. The van der Waals surface area contributed by atoms with Crippen LogP contribution in [0.15, 0.2) is 48.5 Å². The third-order valence-corrected chi connectivity index (χ3v) is 5.97. The average molecular weight is 483 g/mol. The number of fused-ring (bicyclic) bond motifs is 3. The molecule has 8 nitrogen and oxygen atoms in total. The summed E-state index contributed by atoms with van der Waals surface area (Å²) < 4.78 is 10.7. The molecule has 1 atom stereocenters. The number of carboxylic acid groups (broad SMARTS) is 1. The fourth-order valence-electron chi connectivity index (χ4n) is 4.19. The summed E-state index contributed by atoms with van der Waals surface area (Å²) in [6.07, 6.45) is -0.0990. The first-order chi connectivity index (χ1) is 16.5. The number of aliphatic carboxylic acids is 1. The monoisotopic (exact) mass is 482 g/mol. The number of carboxylic acids is 1. The molecule has 188 valence electrons. The molecule has 2 aromatic carbocycles. The van der Waals surface area contributed by atoms with Gasteiger partial charge in [0.15, 0.2) is 0 Å². The number of amides is 2. The largest absolute Gasteiger partial charge is 0.480 e. The van der Waals surface area contributed by atoms with Crippen LogP contribution in [0, 0.1) is 0 Å². The van der Waals surface area contributed by atoms with Crippen LogP contribution in [0.3, 0.4) is 0 Å². The van der Waals surface area contributed by atoms with Crippen LogP contribution in [0.5, 0.6) is 0 Å². The van der Waals surface area contributed by atoms with Gasteiger partial charge in [0, 0.05) is 12.5 Å². The van der Waals surface area contributed by atoms with E-state index in [0.717, 1.165) is 22.3 Å². The smallest absolute Gasteiger partial charge is 0.408 e. The van der Waals surface area contributed by atoms with Gasteiger partial charge in [-0.15, -0.1) is 0 Å². The Labute approximate surface area is 206 Å². The number of rotatable bonds is 9. The Morgan fingerprint density at radius 1 is 0.886 bits per heavy atom. The van der Waals surface area contributed by atoms with E-state index in [1.807, 2.05) is 48.5 Å². The SMILES string of the molecule is CC(C)(C)OC(=O)NCCCCC(C)(NC(=O)OCC1c2ccccc2-c2ccccc21)C(=O)O. The quantitative estimate of drug-likeness (QED) is 0.430. The van der Waals surface area contributed by atoms with Gasteiger partial charge in [-0.3, -0.25) is 0 Å². The van der Waals surface area contributed by atoms with Crippen molar-refractivity contribution in [1.29, 1.82) is 0 Å². The molecule has 3 rings (SSSR count). The van der Waals surface area contributed by atoms with Crippen LogP contribution < -0.4 is 10.6 Å². The highest BCUT2D eigenvalue weighted by Crippen LogP contribution is 2.44. The van der Waals surface area contributed by atoms with E-state index in [1.165, 1.54) is 6.92 Å². The van der Waals surface area contributed by atoms with Crippen LogP contribution >= 0.6 is 0 Å². The van der Waals surface area contributed by atoms with Crippen LogP contribution in [0.4, 0.5) is 9.59 Å². The lowest BCUT2D eigenvalue weighted by molar-refractivity contribution is -0.144. The maximum Gasteiger partial charge on any atom is 0.408 e. The second kappa shape index (κ2) is 10.8. The Balaban J connectivity index is 1.51. The highest BCUT2D eigenvalue weighted by atomic mass is 16.6. The minimum absolute atomic E-state index is 0.107. The minimum atomic E-state index is -1.49. The minimum Gasteiger partial charge on any atom is -0.480 e. The molecule has 1 aliphatic rings. The third kappa shape index (κ3) is 6.74. The number of unbranched alkanes of at least 4 members (excludes halogenated alkanes) is 1. The zero-order chi connectivity index (χ0) is 25.6. The van der Waals surface area contributed by atoms with Gasteiger partial charge in [-0.2, -0.15) is 0 Å². The second-order valence-electron chi connectivity index (χ2n) is 9.97. The van der Waals surface area contributed by atoms with Crippen LogP contribution in [0.2, 0.25) is 0 Å². The molecule has 0 aromatic heterocycles. The van der Waals surface area contributed by atoms with E-state index < -0.39 is 29.3 Å². The Morgan fingerprint density at radius 2 is 1.46 bits per heavy atom. The lowest BCUT2D eigenvalue weighted by Crippen LogP contribution is -2.52.